The number of hydrogen-bond donors (Lipinski definition) is 0. The Morgan fingerprint density at radius 2 is 1.94 bits per heavy atom. The predicted octanol–water partition coefficient (Wildman–Crippen LogP) is 1.40. The molecule has 1 aromatic carbocycles. The third-order valence-electron chi connectivity index (χ3n) is 1.92. The van der Waals surface area contributed by atoms with Crippen LogP contribution in [0.1, 0.15) is 0 Å². The highest BCUT2D eigenvalue weighted by Crippen LogP contribution is 2.15. The normalized spacial score (nSPS) is 11.6. The fraction of sp³-hybridized carbons (Fsp3) is 0. The second-order valence-electron chi connectivity index (χ2n) is 2.96. The topological polar surface area (TPSA) is 52.0 Å². The Morgan fingerprint density at radius 3 is 2.50 bits per heavy atom. The van der Waals surface area contributed by atoms with E-state index in [0.717, 1.165) is 12.1 Å². The van der Waals surface area contributed by atoms with Crippen LogP contribution in [0.15, 0.2) is 41.6 Å². The minimum atomic E-state index is -3.94. The third kappa shape index (κ3) is 1.69. The smallest absolute Gasteiger partial charge is 0.204 e. The minimum Gasteiger partial charge on any atom is -0.204 e. The lowest BCUT2D eigenvalue weighted by Crippen LogP contribution is -2.13. The summed E-state index contributed by atoms with van der Waals surface area (Å²) in [6.07, 6.45) is 2.48. The molecule has 16 heavy (non-hydrogen) atoms. The van der Waals surface area contributed by atoms with E-state index in [1.807, 2.05) is 0 Å². The van der Waals surface area contributed by atoms with Crippen molar-refractivity contribution in [3.05, 3.63) is 48.3 Å². The lowest BCUT2D eigenvalue weighted by Gasteiger charge is -2.04. The summed E-state index contributed by atoms with van der Waals surface area (Å²) in [5.74, 6) is -2.31. The molecule has 0 N–H and O–H groups in total. The second kappa shape index (κ2) is 3.67. The maximum atomic E-state index is 12.9. The second-order valence-corrected chi connectivity index (χ2v) is 4.76. The molecule has 2 rings (SSSR count). The maximum Gasteiger partial charge on any atom is 0.283 e. The Balaban J connectivity index is 2.57. The molecule has 0 unspecified atom stereocenters. The molecular weight excluding hydrogens is 238 g/mol. The zero-order valence-electron chi connectivity index (χ0n) is 7.84. The van der Waals surface area contributed by atoms with E-state index in [1.54, 1.807) is 0 Å². The molecule has 0 amide bonds. The van der Waals surface area contributed by atoms with Crippen LogP contribution in [0.4, 0.5) is 8.78 Å². The molecule has 7 heteroatoms. The number of rotatable bonds is 2. The molecule has 0 radical (unpaired) electrons. The van der Waals surface area contributed by atoms with E-state index >= 15 is 0 Å². The van der Waals surface area contributed by atoms with Gasteiger partial charge in [-0.1, -0.05) is 0 Å². The van der Waals surface area contributed by atoms with Gasteiger partial charge in [0, 0.05) is 6.20 Å². The average molecular weight is 244 g/mol. The number of benzene rings is 1. The summed E-state index contributed by atoms with van der Waals surface area (Å²) in [7, 11) is -3.94. The van der Waals surface area contributed by atoms with Crippen molar-refractivity contribution in [2.75, 3.05) is 0 Å². The standard InChI is InChI=1S/C9H6F2N2O2S/c10-8-3-2-7(6-9(8)11)16(14,15)13-5-1-4-12-13/h1-6H. The van der Waals surface area contributed by atoms with Gasteiger partial charge in [0.05, 0.1) is 11.1 Å². The first-order valence-electron chi connectivity index (χ1n) is 4.22. The number of nitrogens with zero attached hydrogens (tertiary/aromatic N) is 2. The first-order valence-corrected chi connectivity index (χ1v) is 5.66. The summed E-state index contributed by atoms with van der Waals surface area (Å²) in [5, 5.41) is 3.53. The molecule has 0 fully saturated rings. The number of hydrogen-bond acceptors (Lipinski definition) is 3. The van der Waals surface area contributed by atoms with Gasteiger partial charge in [0.25, 0.3) is 10.0 Å². The Hall–Kier alpha value is -1.76. The van der Waals surface area contributed by atoms with Crippen molar-refractivity contribution >= 4 is 10.0 Å². The quantitative estimate of drug-likeness (QED) is 0.802. The van der Waals surface area contributed by atoms with Crippen molar-refractivity contribution in [1.29, 1.82) is 0 Å². The molecule has 4 nitrogen and oxygen atoms in total. The maximum absolute atomic E-state index is 12.9. The summed E-state index contributed by atoms with van der Waals surface area (Å²) in [6.45, 7) is 0. The van der Waals surface area contributed by atoms with Gasteiger partial charge in [0.15, 0.2) is 11.6 Å². The van der Waals surface area contributed by atoms with Gasteiger partial charge in [-0.15, -0.1) is 0 Å². The van der Waals surface area contributed by atoms with Gasteiger partial charge in [-0.25, -0.2) is 8.78 Å². The van der Waals surface area contributed by atoms with Crippen LogP contribution in [-0.4, -0.2) is 17.6 Å². The van der Waals surface area contributed by atoms with Crippen LogP contribution < -0.4 is 0 Å². The van der Waals surface area contributed by atoms with Crippen LogP contribution in [-0.2, 0) is 10.0 Å². The molecule has 0 saturated carbocycles. The summed E-state index contributed by atoms with van der Waals surface area (Å²) < 4.78 is 49.7. The van der Waals surface area contributed by atoms with E-state index in [9.17, 15) is 17.2 Å². The lowest BCUT2D eigenvalue weighted by molar-refractivity contribution is 0.504. The molecule has 0 bridgehead atoms. The van der Waals surface area contributed by atoms with Gasteiger partial charge >= 0.3 is 0 Å². The summed E-state index contributed by atoms with van der Waals surface area (Å²) in [5.41, 5.74) is 0. The van der Waals surface area contributed by atoms with Crippen LogP contribution >= 0.6 is 0 Å². The fourth-order valence-electron chi connectivity index (χ4n) is 1.14. The third-order valence-corrected chi connectivity index (χ3v) is 3.47. The molecule has 0 saturated heterocycles. The lowest BCUT2D eigenvalue weighted by atomic mass is 10.3. The molecule has 0 atom stereocenters. The van der Waals surface area contributed by atoms with Crippen molar-refractivity contribution < 1.29 is 17.2 Å². The Kier molecular flexibility index (Phi) is 2.47. The summed E-state index contributed by atoms with van der Waals surface area (Å²) in [6, 6.07) is 3.77. The highest BCUT2D eigenvalue weighted by molar-refractivity contribution is 7.89. The number of aromatic nitrogens is 2. The predicted molar refractivity (Wildman–Crippen MR) is 51.2 cm³/mol. The van der Waals surface area contributed by atoms with Crippen molar-refractivity contribution in [2.45, 2.75) is 4.90 Å². The molecule has 0 aliphatic rings. The van der Waals surface area contributed by atoms with Gasteiger partial charge in [-0.2, -0.15) is 17.6 Å². The van der Waals surface area contributed by atoms with Crippen molar-refractivity contribution in [3.63, 3.8) is 0 Å². The molecule has 0 aliphatic heterocycles. The van der Waals surface area contributed by atoms with Crippen LogP contribution in [0.2, 0.25) is 0 Å². The van der Waals surface area contributed by atoms with E-state index in [1.165, 1.54) is 18.5 Å². The largest absolute Gasteiger partial charge is 0.283 e. The Morgan fingerprint density at radius 1 is 1.19 bits per heavy atom. The van der Waals surface area contributed by atoms with E-state index in [0.29, 0.717) is 10.2 Å². The number of halogens is 2. The first-order chi connectivity index (χ1) is 7.51. The van der Waals surface area contributed by atoms with Gasteiger partial charge in [0.2, 0.25) is 0 Å². The van der Waals surface area contributed by atoms with Crippen molar-refractivity contribution in [1.82, 2.24) is 9.19 Å². The Bertz CT molecular complexity index is 608. The molecule has 1 heterocycles. The summed E-state index contributed by atoms with van der Waals surface area (Å²) in [4.78, 5) is -0.352. The Labute approximate surface area is 90.2 Å². The van der Waals surface area contributed by atoms with Crippen molar-refractivity contribution in [3.8, 4) is 0 Å². The molecule has 0 aliphatic carbocycles. The van der Waals surface area contributed by atoms with Crippen LogP contribution in [0, 0.1) is 11.6 Å². The SMILES string of the molecule is O=S(=O)(c1ccc(F)c(F)c1)n1cccn1. The highest BCUT2D eigenvalue weighted by atomic mass is 32.2. The van der Waals surface area contributed by atoms with E-state index in [4.69, 9.17) is 0 Å². The minimum absolute atomic E-state index is 0.352. The molecule has 1 aromatic heterocycles. The zero-order valence-corrected chi connectivity index (χ0v) is 8.66. The van der Waals surface area contributed by atoms with Crippen LogP contribution in [0.3, 0.4) is 0 Å². The molecule has 84 valence electrons. The highest BCUT2D eigenvalue weighted by Gasteiger charge is 2.18. The monoisotopic (exact) mass is 244 g/mol. The van der Waals surface area contributed by atoms with Gasteiger partial charge < -0.3 is 0 Å². The van der Waals surface area contributed by atoms with E-state index in [-0.39, 0.29) is 4.90 Å². The zero-order chi connectivity index (χ0) is 11.8. The van der Waals surface area contributed by atoms with Crippen LogP contribution in [0.25, 0.3) is 0 Å². The van der Waals surface area contributed by atoms with Gasteiger partial charge in [-0.05, 0) is 24.3 Å². The first kappa shape index (κ1) is 10.7. The van der Waals surface area contributed by atoms with Gasteiger partial charge in [0.1, 0.15) is 0 Å². The molecule has 0 spiro atoms. The van der Waals surface area contributed by atoms with E-state index in [2.05, 4.69) is 5.10 Å². The summed E-state index contributed by atoms with van der Waals surface area (Å²) >= 11 is 0. The molecular formula is C9H6F2N2O2S. The van der Waals surface area contributed by atoms with Crippen LogP contribution in [0.5, 0.6) is 0 Å². The van der Waals surface area contributed by atoms with E-state index < -0.39 is 21.7 Å². The fourth-order valence-corrected chi connectivity index (χ4v) is 2.26. The average Bonchev–Trinajstić information content (AvgIpc) is 2.75. The molecule has 2 aromatic rings. The van der Waals surface area contributed by atoms with Gasteiger partial charge in [-0.3, -0.25) is 0 Å². The van der Waals surface area contributed by atoms with Crippen molar-refractivity contribution in [2.24, 2.45) is 0 Å².